The maximum atomic E-state index is 10.8. The minimum absolute atomic E-state index is 0.581. The Kier molecular flexibility index (Phi) is 3.09. The molecule has 1 unspecified atom stereocenters. The quantitative estimate of drug-likeness (QED) is 0.712. The number of benzene rings is 3. The van der Waals surface area contributed by atoms with Gasteiger partial charge in [0.1, 0.15) is 6.10 Å². The summed E-state index contributed by atoms with van der Waals surface area (Å²) in [4.78, 5) is 0. The Labute approximate surface area is 132 Å². The average molecular weight is 339 g/mol. The van der Waals surface area contributed by atoms with E-state index < -0.39 is 6.10 Å². The molecule has 0 amide bonds. The van der Waals surface area contributed by atoms with Crippen molar-refractivity contribution < 1.29 is 5.11 Å². The Hall–Kier alpha value is -1.64. The topological polar surface area (TPSA) is 20.2 Å². The van der Waals surface area contributed by atoms with Gasteiger partial charge in [0.25, 0.3) is 0 Å². The van der Waals surface area contributed by atoms with Crippen LogP contribution in [0.25, 0.3) is 10.8 Å². The van der Waals surface area contributed by atoms with Crippen LogP contribution in [0.5, 0.6) is 0 Å². The summed E-state index contributed by atoms with van der Waals surface area (Å²) in [5.74, 6) is 0. The van der Waals surface area contributed by atoms with Crippen LogP contribution in [0.1, 0.15) is 28.4 Å². The second kappa shape index (κ2) is 4.97. The van der Waals surface area contributed by atoms with E-state index in [1.807, 2.05) is 24.3 Å². The predicted molar refractivity (Wildman–Crippen MR) is 89.6 cm³/mol. The van der Waals surface area contributed by atoms with E-state index in [2.05, 4.69) is 46.3 Å². The molecule has 104 valence electrons. The molecule has 1 atom stereocenters. The molecule has 0 radical (unpaired) electrons. The fourth-order valence-electron chi connectivity index (χ4n) is 3.33. The first-order valence-corrected chi connectivity index (χ1v) is 8.00. The molecule has 1 aliphatic carbocycles. The van der Waals surface area contributed by atoms with Crippen molar-refractivity contribution >= 4 is 26.7 Å². The van der Waals surface area contributed by atoms with Gasteiger partial charge in [0.15, 0.2) is 0 Å². The van der Waals surface area contributed by atoms with Crippen LogP contribution < -0.4 is 0 Å². The monoisotopic (exact) mass is 338 g/mol. The number of halogens is 1. The zero-order valence-electron chi connectivity index (χ0n) is 11.5. The summed E-state index contributed by atoms with van der Waals surface area (Å²) in [6, 6.07) is 18.6. The molecular formula is C19H15BrO. The third-order valence-corrected chi connectivity index (χ3v) is 4.92. The van der Waals surface area contributed by atoms with E-state index in [9.17, 15) is 5.11 Å². The lowest BCUT2D eigenvalue weighted by molar-refractivity contribution is 0.222. The Morgan fingerprint density at radius 1 is 0.857 bits per heavy atom. The van der Waals surface area contributed by atoms with Gasteiger partial charge < -0.3 is 5.11 Å². The number of hydrogen-bond acceptors (Lipinski definition) is 1. The second-order valence-electron chi connectivity index (χ2n) is 5.61. The molecule has 0 spiro atoms. The van der Waals surface area contributed by atoms with Crippen LogP contribution in [0, 0.1) is 0 Å². The van der Waals surface area contributed by atoms with Gasteiger partial charge in [-0.3, -0.25) is 0 Å². The van der Waals surface area contributed by atoms with Gasteiger partial charge in [-0.2, -0.15) is 0 Å². The van der Waals surface area contributed by atoms with Gasteiger partial charge in [0.05, 0.1) is 0 Å². The highest BCUT2D eigenvalue weighted by atomic mass is 79.9. The Morgan fingerprint density at radius 2 is 1.57 bits per heavy atom. The summed E-state index contributed by atoms with van der Waals surface area (Å²) in [6.45, 7) is 0. The molecule has 1 N–H and O–H groups in total. The van der Waals surface area contributed by atoms with Crippen LogP contribution in [0.4, 0.5) is 0 Å². The Bertz CT molecular complexity index is 811. The minimum atomic E-state index is -0.581. The summed E-state index contributed by atoms with van der Waals surface area (Å²) in [5.41, 5.74) is 4.75. The SMILES string of the molecule is OC(c1ccc(Br)cc1)c1ccc2c3c(cccc13)CC2. The van der Waals surface area contributed by atoms with E-state index in [-0.39, 0.29) is 0 Å². The van der Waals surface area contributed by atoms with Crippen molar-refractivity contribution in [2.75, 3.05) is 0 Å². The standard InChI is InChI=1S/C19H15BrO/c20-15-9-6-14(7-10-15)19(21)17-11-8-13-5-4-12-2-1-3-16(17)18(12)13/h1-3,6-11,19,21H,4-5H2. The lowest BCUT2D eigenvalue weighted by atomic mass is 9.93. The summed E-state index contributed by atoms with van der Waals surface area (Å²) in [6.07, 6.45) is 1.65. The van der Waals surface area contributed by atoms with Crippen molar-refractivity contribution in [1.29, 1.82) is 0 Å². The van der Waals surface area contributed by atoms with Crippen molar-refractivity contribution in [3.63, 3.8) is 0 Å². The molecule has 21 heavy (non-hydrogen) atoms. The van der Waals surface area contributed by atoms with Gasteiger partial charge in [-0.15, -0.1) is 0 Å². The summed E-state index contributed by atoms with van der Waals surface area (Å²) in [5, 5.41) is 13.3. The zero-order chi connectivity index (χ0) is 14.4. The van der Waals surface area contributed by atoms with E-state index in [4.69, 9.17) is 0 Å². The molecule has 0 saturated carbocycles. The summed E-state index contributed by atoms with van der Waals surface area (Å²) < 4.78 is 1.03. The predicted octanol–water partition coefficient (Wildman–Crippen LogP) is 4.78. The fourth-order valence-corrected chi connectivity index (χ4v) is 3.60. The number of hydrogen-bond donors (Lipinski definition) is 1. The molecular weight excluding hydrogens is 324 g/mol. The Morgan fingerprint density at radius 3 is 2.33 bits per heavy atom. The molecule has 0 bridgehead atoms. The molecule has 0 heterocycles. The van der Waals surface area contributed by atoms with Crippen LogP contribution in [0.3, 0.4) is 0 Å². The maximum absolute atomic E-state index is 10.8. The second-order valence-corrected chi connectivity index (χ2v) is 6.52. The molecule has 4 rings (SSSR count). The minimum Gasteiger partial charge on any atom is -0.384 e. The molecule has 3 aromatic carbocycles. The van der Waals surface area contributed by atoms with Crippen LogP contribution in [-0.4, -0.2) is 5.11 Å². The van der Waals surface area contributed by atoms with Crippen molar-refractivity contribution in [3.05, 3.63) is 81.3 Å². The van der Waals surface area contributed by atoms with E-state index in [0.29, 0.717) is 0 Å². The largest absolute Gasteiger partial charge is 0.384 e. The highest BCUT2D eigenvalue weighted by molar-refractivity contribution is 9.10. The fraction of sp³-hybridized carbons (Fsp3) is 0.158. The van der Waals surface area contributed by atoms with Crippen LogP contribution in [-0.2, 0) is 12.8 Å². The first kappa shape index (κ1) is 13.1. The highest BCUT2D eigenvalue weighted by Gasteiger charge is 2.19. The van der Waals surface area contributed by atoms with Crippen LogP contribution in [0.15, 0.2) is 59.1 Å². The molecule has 0 aromatic heterocycles. The number of aliphatic hydroxyl groups excluding tert-OH is 1. The third kappa shape index (κ3) is 2.10. The van der Waals surface area contributed by atoms with Crippen molar-refractivity contribution in [1.82, 2.24) is 0 Å². The van der Waals surface area contributed by atoms with E-state index in [1.165, 1.54) is 21.9 Å². The summed E-state index contributed by atoms with van der Waals surface area (Å²) in [7, 11) is 0. The van der Waals surface area contributed by atoms with Gasteiger partial charge in [0.2, 0.25) is 0 Å². The van der Waals surface area contributed by atoms with E-state index >= 15 is 0 Å². The van der Waals surface area contributed by atoms with Crippen LogP contribution >= 0.6 is 15.9 Å². The molecule has 1 nitrogen and oxygen atoms in total. The van der Waals surface area contributed by atoms with Crippen molar-refractivity contribution in [2.24, 2.45) is 0 Å². The lowest BCUT2D eigenvalue weighted by Gasteiger charge is -2.15. The van der Waals surface area contributed by atoms with Crippen molar-refractivity contribution in [2.45, 2.75) is 18.9 Å². The third-order valence-electron chi connectivity index (χ3n) is 4.39. The normalized spacial score (nSPS) is 14.6. The summed E-state index contributed by atoms with van der Waals surface area (Å²) >= 11 is 3.44. The number of aryl methyl sites for hydroxylation is 2. The van der Waals surface area contributed by atoms with Gasteiger partial charge in [0, 0.05) is 4.47 Å². The van der Waals surface area contributed by atoms with E-state index in [1.54, 1.807) is 0 Å². The Balaban J connectivity index is 1.89. The van der Waals surface area contributed by atoms with Gasteiger partial charge in [-0.1, -0.05) is 58.4 Å². The molecule has 0 saturated heterocycles. The zero-order valence-corrected chi connectivity index (χ0v) is 13.1. The number of aliphatic hydroxyl groups is 1. The lowest BCUT2D eigenvalue weighted by Crippen LogP contribution is -2.01. The highest BCUT2D eigenvalue weighted by Crippen LogP contribution is 2.36. The molecule has 1 aliphatic rings. The first-order chi connectivity index (χ1) is 10.2. The molecule has 2 heteroatoms. The van der Waals surface area contributed by atoms with Crippen molar-refractivity contribution in [3.8, 4) is 0 Å². The molecule has 3 aromatic rings. The maximum Gasteiger partial charge on any atom is 0.105 e. The molecule has 0 fully saturated rings. The van der Waals surface area contributed by atoms with Gasteiger partial charge in [-0.25, -0.2) is 0 Å². The van der Waals surface area contributed by atoms with Gasteiger partial charge in [-0.05, 0) is 58.0 Å². The molecule has 0 aliphatic heterocycles. The average Bonchev–Trinajstić information content (AvgIpc) is 2.93. The van der Waals surface area contributed by atoms with Gasteiger partial charge >= 0.3 is 0 Å². The first-order valence-electron chi connectivity index (χ1n) is 7.21. The smallest absolute Gasteiger partial charge is 0.105 e. The van der Waals surface area contributed by atoms with E-state index in [0.717, 1.165) is 28.4 Å². The number of rotatable bonds is 2. The van der Waals surface area contributed by atoms with Crippen LogP contribution in [0.2, 0.25) is 0 Å².